The minimum absolute atomic E-state index is 0.00352. The molecule has 388 valence electrons. The van der Waals surface area contributed by atoms with Crippen LogP contribution in [0.4, 0.5) is 11.4 Å². The predicted molar refractivity (Wildman–Crippen MR) is 320 cm³/mol. The maximum atomic E-state index is 3.11. The Bertz CT molecular complexity index is 2340. The minimum Gasteiger partial charge on any atom is -0.286 e. The van der Waals surface area contributed by atoms with Crippen LogP contribution < -0.4 is 19.5 Å². The maximum absolute atomic E-state index is 3.11. The number of hydrogen-bond donors (Lipinski definition) is 0. The molecule has 0 amide bonds. The summed E-state index contributed by atoms with van der Waals surface area (Å²) in [6.07, 6.45) is 0. The van der Waals surface area contributed by atoms with Crippen molar-refractivity contribution >= 4 is 38.4 Å². The van der Waals surface area contributed by atoms with Gasteiger partial charge in [0, 0.05) is 10.6 Å². The van der Waals surface area contributed by atoms with Crippen molar-refractivity contribution in [2.24, 2.45) is 0 Å². The molecule has 0 aliphatic carbocycles. The fraction of sp³-hybridized carbons (Fsp3) is 0.636. The van der Waals surface area contributed by atoms with Crippen LogP contribution in [0.2, 0.25) is 0 Å². The van der Waals surface area contributed by atoms with Crippen LogP contribution in [0.1, 0.15) is 274 Å². The Labute approximate surface area is 436 Å². The molecule has 1 aliphatic rings. The summed E-state index contributed by atoms with van der Waals surface area (Å²) in [5, 5.41) is 3.09. The smallest absolute Gasteiger partial charge is 0.139 e. The van der Waals surface area contributed by atoms with E-state index in [0.717, 1.165) is 0 Å². The van der Waals surface area contributed by atoms with E-state index in [1.807, 2.05) is 0 Å². The van der Waals surface area contributed by atoms with Crippen molar-refractivity contribution in [2.45, 2.75) is 276 Å². The molecule has 1 aliphatic heterocycles. The second kappa shape index (κ2) is 18.0. The summed E-state index contributed by atoms with van der Waals surface area (Å²) in [5.74, 6) is 0. The molecule has 0 aromatic heterocycles. The number of benzene rings is 4. The Morgan fingerprint density at radius 2 is 0.414 bits per heavy atom. The molecule has 0 unspecified atom stereocenters. The second-order valence-electron chi connectivity index (χ2n) is 31.9. The van der Waals surface area contributed by atoms with Crippen molar-refractivity contribution in [3.8, 4) is 0 Å². The Balaban J connectivity index is 2.30. The topological polar surface area (TPSA) is 6.48 Å². The van der Waals surface area contributed by atoms with E-state index in [-0.39, 0.29) is 54.1 Å². The minimum atomic E-state index is -1.22. The van der Waals surface area contributed by atoms with Crippen LogP contribution in [0.3, 0.4) is 0 Å². The van der Waals surface area contributed by atoms with Crippen molar-refractivity contribution in [3.05, 3.63) is 115 Å². The Kier molecular flexibility index (Phi) is 15.0. The van der Waals surface area contributed by atoms with Crippen LogP contribution in [0.5, 0.6) is 0 Å². The van der Waals surface area contributed by atoms with Crippen molar-refractivity contribution in [3.63, 3.8) is 0 Å². The maximum Gasteiger partial charge on any atom is 0.139 e. The lowest BCUT2D eigenvalue weighted by molar-refractivity contribution is 0.553. The van der Waals surface area contributed by atoms with E-state index in [0.29, 0.717) is 0 Å². The highest BCUT2D eigenvalue weighted by atomic mass is 31.3. The van der Waals surface area contributed by atoms with E-state index < -0.39 is 16.4 Å². The van der Waals surface area contributed by atoms with Gasteiger partial charge in [0.2, 0.25) is 0 Å². The Morgan fingerprint density at radius 1 is 0.243 bits per heavy atom. The van der Waals surface area contributed by atoms with Gasteiger partial charge in [-0.2, -0.15) is 0 Å². The molecular weight excluding hydrogens is 883 g/mol. The van der Waals surface area contributed by atoms with Crippen molar-refractivity contribution in [2.75, 3.05) is 8.88 Å². The highest BCUT2D eigenvalue weighted by Gasteiger charge is 2.57. The van der Waals surface area contributed by atoms with Gasteiger partial charge in [-0.05, 0) is 135 Å². The first-order valence-corrected chi connectivity index (χ1v) is 29.3. The van der Waals surface area contributed by atoms with Gasteiger partial charge >= 0.3 is 0 Å². The SMILES string of the molecule is Cc1cc(C(C)(C)C)cc(C(C)(C)C)c1N1P(c2c(C(C)(C)C)cc(C(C)(C)C)cc2C(C)(C)C)N(c2c(C)cc(C(C)(C)C)cc2C(C)(C)C)P1c1c(C(C)(C)C)cc(C(C)(C)C)cc1C(C)(C)C. The highest BCUT2D eigenvalue weighted by Crippen LogP contribution is 2.81. The van der Waals surface area contributed by atoms with E-state index in [1.165, 1.54) is 78.1 Å². The molecule has 1 saturated heterocycles. The third kappa shape index (κ3) is 11.5. The molecule has 0 atom stereocenters. The normalized spacial score (nSPS) is 17.4. The van der Waals surface area contributed by atoms with Crippen LogP contribution in [0.25, 0.3) is 0 Å². The van der Waals surface area contributed by atoms with E-state index in [4.69, 9.17) is 0 Å². The fourth-order valence-electron chi connectivity index (χ4n) is 10.00. The molecule has 4 aromatic carbocycles. The summed E-state index contributed by atoms with van der Waals surface area (Å²) in [6.45, 7) is 78.2. The zero-order valence-corrected chi connectivity index (χ0v) is 53.2. The largest absolute Gasteiger partial charge is 0.286 e. The molecule has 0 spiro atoms. The van der Waals surface area contributed by atoms with Crippen LogP contribution >= 0.6 is 16.4 Å². The predicted octanol–water partition coefficient (Wildman–Crippen LogP) is 19.9. The quantitative estimate of drug-likeness (QED) is 0.188. The van der Waals surface area contributed by atoms with Gasteiger partial charge < -0.3 is 0 Å². The van der Waals surface area contributed by atoms with Gasteiger partial charge in [-0.25, -0.2) is 0 Å². The molecule has 4 aromatic rings. The monoisotopic (exact) mass is 987 g/mol. The third-order valence-electron chi connectivity index (χ3n) is 14.7. The molecule has 1 fully saturated rings. The lowest BCUT2D eigenvalue weighted by atomic mass is 9.75. The van der Waals surface area contributed by atoms with Crippen molar-refractivity contribution < 1.29 is 0 Å². The van der Waals surface area contributed by atoms with E-state index in [1.54, 1.807) is 10.6 Å². The zero-order valence-electron chi connectivity index (χ0n) is 51.4. The number of aryl methyl sites for hydroxylation is 2. The van der Waals surface area contributed by atoms with E-state index >= 15 is 0 Å². The first-order chi connectivity index (χ1) is 30.9. The summed E-state index contributed by atoms with van der Waals surface area (Å²) in [4.78, 5) is 0. The summed E-state index contributed by atoms with van der Waals surface area (Å²) in [6, 6.07) is 20.9. The molecule has 5 rings (SSSR count). The van der Waals surface area contributed by atoms with Crippen LogP contribution in [-0.4, -0.2) is 0 Å². The van der Waals surface area contributed by atoms with Gasteiger partial charge in [0.05, 0.1) is 11.4 Å². The molecule has 1 heterocycles. The molecule has 2 nitrogen and oxygen atoms in total. The molecule has 4 heteroatoms. The van der Waals surface area contributed by atoms with Gasteiger partial charge in [-0.3, -0.25) is 8.88 Å². The van der Waals surface area contributed by atoms with Crippen LogP contribution in [-0.2, 0) is 54.1 Å². The van der Waals surface area contributed by atoms with Gasteiger partial charge in [0.15, 0.2) is 0 Å². The average molecular weight is 988 g/mol. The van der Waals surface area contributed by atoms with Crippen molar-refractivity contribution in [1.29, 1.82) is 0 Å². The van der Waals surface area contributed by atoms with Gasteiger partial charge in [-0.15, -0.1) is 0 Å². The summed E-state index contributed by atoms with van der Waals surface area (Å²) in [5.41, 5.74) is 19.3. The van der Waals surface area contributed by atoms with Gasteiger partial charge in [0.1, 0.15) is 16.4 Å². The molecule has 0 bridgehead atoms. The summed E-state index contributed by atoms with van der Waals surface area (Å²) < 4.78 is 6.23. The van der Waals surface area contributed by atoms with Gasteiger partial charge in [0.25, 0.3) is 0 Å². The first-order valence-electron chi connectivity index (χ1n) is 26.8. The first kappa shape index (κ1) is 58.2. The number of rotatable bonds is 4. The molecule has 70 heavy (non-hydrogen) atoms. The second-order valence-corrected chi connectivity index (χ2v) is 36.2. The zero-order chi connectivity index (χ0) is 54.2. The molecule has 0 radical (unpaired) electrons. The van der Waals surface area contributed by atoms with E-state index in [9.17, 15) is 0 Å². The Hall–Kier alpha value is -2.66. The molecular formula is C66H104N2P2. The lowest BCUT2D eigenvalue weighted by Crippen LogP contribution is -2.52. The fourth-order valence-corrected chi connectivity index (χ4v) is 18.2. The van der Waals surface area contributed by atoms with Crippen LogP contribution in [0.15, 0.2) is 48.5 Å². The number of anilines is 2. The number of nitrogens with zero attached hydrogens (tertiary/aromatic N) is 2. The Morgan fingerprint density at radius 3 is 0.586 bits per heavy atom. The molecule has 0 saturated carbocycles. The van der Waals surface area contributed by atoms with Gasteiger partial charge in [-0.1, -0.05) is 256 Å². The van der Waals surface area contributed by atoms with Crippen LogP contribution in [0, 0.1) is 13.8 Å². The highest BCUT2D eigenvalue weighted by molar-refractivity contribution is 8.01. The summed E-state index contributed by atoms with van der Waals surface area (Å²) in [7, 11) is -2.44. The summed E-state index contributed by atoms with van der Waals surface area (Å²) >= 11 is 0. The molecule has 0 N–H and O–H groups in total. The van der Waals surface area contributed by atoms with E-state index in [2.05, 4.69) is 279 Å². The average Bonchev–Trinajstić information content (AvgIpc) is 3.10. The standard InChI is InChI=1S/C66H104N2P2/c1-41-33-43(57(3,4)5)35-47(61(15,16)17)53(41)67-69(55-49(63(21,22)23)37-45(59(9,10)11)38-50(55)64(24,25)26)68(54-42(2)34-44(58(6,7)8)36-48(54)62(18,19)20)70(67)56-51(65(27,28)29)39-46(60(12,13)14)40-52(56)66(30,31)32/h33-40H,1-32H3. The third-order valence-corrected chi connectivity index (χ3v) is 20.7. The van der Waals surface area contributed by atoms with Crippen molar-refractivity contribution in [1.82, 2.24) is 0 Å². The number of hydrogen-bond acceptors (Lipinski definition) is 2. The lowest BCUT2D eigenvalue weighted by Gasteiger charge is -2.62.